The van der Waals surface area contributed by atoms with Gasteiger partial charge in [0.1, 0.15) is 0 Å². The third-order valence-electron chi connectivity index (χ3n) is 0. The van der Waals surface area contributed by atoms with Crippen LogP contribution in [0.1, 0.15) is 0 Å². The molecular formula is CH10CaFO7PSr. The van der Waals surface area contributed by atoms with Gasteiger partial charge < -0.3 is 24.9 Å². The molecule has 72 valence electrons. The molecule has 0 radical (unpaired) electrons. The topological polar surface area (TPSA) is 135 Å². The van der Waals surface area contributed by atoms with E-state index in [1.807, 2.05) is 0 Å². The van der Waals surface area contributed by atoms with Crippen LogP contribution in [0.25, 0.3) is 0 Å². The summed E-state index contributed by atoms with van der Waals surface area (Å²) in [5, 5.41) is 13.9. The third-order valence-corrected chi connectivity index (χ3v) is 0. The maximum absolute atomic E-state index is 8.88. The van der Waals surface area contributed by atoms with Crippen LogP contribution < -0.4 is 0 Å². The van der Waals surface area contributed by atoms with Crippen molar-refractivity contribution in [3.63, 3.8) is 0 Å². The average molecular weight is 312 g/mol. The van der Waals surface area contributed by atoms with Crippen LogP contribution in [0.5, 0.6) is 0 Å². The van der Waals surface area contributed by atoms with Crippen molar-refractivity contribution in [2.45, 2.75) is 0 Å². The zero-order valence-electron chi connectivity index (χ0n) is 4.41. The molecule has 0 aliphatic heterocycles. The Labute approximate surface area is 134 Å². The summed E-state index contributed by atoms with van der Waals surface area (Å²) < 4.78 is 8.88. The molecule has 0 unspecified atom stereocenters. The van der Waals surface area contributed by atoms with Gasteiger partial charge in [-0.1, -0.05) is 0 Å². The number of carboxylic acid groups (broad SMARTS) is 2. The minimum atomic E-state index is -4.64. The number of carbonyl (C=O) groups is 1. The quantitative estimate of drug-likeness (QED) is 0.249. The van der Waals surface area contributed by atoms with E-state index in [0.717, 1.165) is 0 Å². The Hall–Kier alpha value is 2.05. The molecule has 0 aromatic rings. The number of hydrogen-bond donors (Lipinski definition) is 5. The minimum absolute atomic E-state index is 0. The second kappa shape index (κ2) is 15.5. The van der Waals surface area contributed by atoms with E-state index in [1.165, 1.54) is 0 Å². The SMILES string of the molecule is F.O=C(O)O.O=P(O)(O)O.[CaH2].[SrH2]. The molecule has 5 N–H and O–H groups in total. The first-order valence-electron chi connectivity index (χ1n) is 1.43. The first-order valence-corrected chi connectivity index (χ1v) is 3.00. The van der Waals surface area contributed by atoms with Crippen LogP contribution in [-0.2, 0) is 4.57 Å². The van der Waals surface area contributed by atoms with Crippen LogP contribution in [-0.4, -0.2) is 114 Å². The van der Waals surface area contributed by atoms with Crippen molar-refractivity contribution in [1.82, 2.24) is 0 Å². The first kappa shape index (κ1) is 29.2. The summed E-state index contributed by atoms with van der Waals surface area (Å²) >= 11 is 0. The standard InChI is InChI=1S/CH2O3.Ca.FH.H3O4P.Sr.4H/c2-1(3)4;;;1-5(2,3)4;;;;;/h(H2,2,3,4);;1H;(H3,1,2,3,4);;;;;. The Balaban J connectivity index is -0.0000000221. The maximum atomic E-state index is 8.88. The predicted octanol–water partition coefficient (Wildman–Crippen LogP) is -2.39. The van der Waals surface area contributed by atoms with Gasteiger partial charge >= 0.3 is 97.2 Å². The molecule has 0 rings (SSSR count). The van der Waals surface area contributed by atoms with E-state index in [0.29, 0.717) is 0 Å². The van der Waals surface area contributed by atoms with Gasteiger partial charge in [0.2, 0.25) is 0 Å². The molecule has 0 aromatic heterocycles. The van der Waals surface area contributed by atoms with Crippen LogP contribution in [0.3, 0.4) is 0 Å². The van der Waals surface area contributed by atoms with Gasteiger partial charge in [0.05, 0.1) is 0 Å². The van der Waals surface area contributed by atoms with Gasteiger partial charge in [-0.15, -0.1) is 0 Å². The summed E-state index contributed by atoms with van der Waals surface area (Å²) in [4.78, 5) is 30.1. The molecule has 0 fully saturated rings. The van der Waals surface area contributed by atoms with Crippen LogP contribution in [0.15, 0.2) is 0 Å². The van der Waals surface area contributed by atoms with E-state index in [-0.39, 0.29) is 87.9 Å². The Morgan fingerprint density at radius 2 is 1.08 bits per heavy atom. The Bertz CT molecular complexity index is 123. The molecule has 0 aliphatic carbocycles. The fraction of sp³-hybridized carbons (Fsp3) is 0. The second-order valence-electron chi connectivity index (χ2n) is 0.796. The van der Waals surface area contributed by atoms with Crippen LogP contribution in [0.4, 0.5) is 9.50 Å². The molecule has 0 saturated carbocycles. The van der Waals surface area contributed by atoms with E-state index < -0.39 is 14.0 Å². The molecule has 0 spiro atoms. The summed E-state index contributed by atoms with van der Waals surface area (Å²) in [6, 6.07) is 0. The van der Waals surface area contributed by atoms with Crippen LogP contribution in [0.2, 0.25) is 0 Å². The molecule has 0 amide bonds. The zero-order valence-corrected chi connectivity index (χ0v) is 5.30. The molecule has 0 aromatic carbocycles. The number of rotatable bonds is 0. The van der Waals surface area contributed by atoms with Crippen LogP contribution >= 0.6 is 7.82 Å². The molecule has 0 atom stereocenters. The van der Waals surface area contributed by atoms with Gasteiger partial charge in [-0.25, -0.2) is 9.36 Å². The van der Waals surface area contributed by atoms with Crippen molar-refractivity contribution in [2.24, 2.45) is 0 Å². The fourth-order valence-electron chi connectivity index (χ4n) is 0. The van der Waals surface area contributed by atoms with Crippen molar-refractivity contribution in [2.75, 3.05) is 0 Å². The molecule has 0 aliphatic rings. The third kappa shape index (κ3) is 350. The Morgan fingerprint density at radius 3 is 1.08 bits per heavy atom. The molecule has 11 heteroatoms. The Kier molecular flexibility index (Phi) is 37.8. The van der Waals surface area contributed by atoms with E-state index in [2.05, 4.69) is 0 Å². The molecule has 0 heterocycles. The van der Waals surface area contributed by atoms with Crippen molar-refractivity contribution in [3.8, 4) is 0 Å². The molecular weight excluding hydrogens is 302 g/mol. The summed E-state index contributed by atoms with van der Waals surface area (Å²) in [5.41, 5.74) is 0. The van der Waals surface area contributed by atoms with Gasteiger partial charge in [-0.2, -0.15) is 0 Å². The summed E-state index contributed by atoms with van der Waals surface area (Å²) in [6.07, 6.45) is -1.83. The number of hydrogen-bond acceptors (Lipinski definition) is 2. The van der Waals surface area contributed by atoms with Crippen molar-refractivity contribution in [1.29, 1.82) is 0 Å². The summed E-state index contributed by atoms with van der Waals surface area (Å²) in [7, 11) is -4.64. The molecule has 0 saturated heterocycles. The monoisotopic (exact) mass is 312 g/mol. The number of phosphoric acid groups is 1. The second-order valence-corrected chi connectivity index (χ2v) is 1.82. The van der Waals surface area contributed by atoms with Crippen LogP contribution in [0, 0.1) is 0 Å². The van der Waals surface area contributed by atoms with Gasteiger partial charge in [0.15, 0.2) is 0 Å². The summed E-state index contributed by atoms with van der Waals surface area (Å²) in [6.45, 7) is 0. The van der Waals surface area contributed by atoms with Crippen molar-refractivity contribution < 1.29 is 39.0 Å². The number of halogens is 1. The normalized spacial score (nSPS) is 6.92. The zero-order chi connectivity index (χ0) is 8.08. The van der Waals surface area contributed by atoms with E-state index in [4.69, 9.17) is 34.3 Å². The van der Waals surface area contributed by atoms with Gasteiger partial charge in [-0.05, 0) is 0 Å². The van der Waals surface area contributed by atoms with Gasteiger partial charge in [0, 0.05) is 0 Å². The molecule has 7 nitrogen and oxygen atoms in total. The van der Waals surface area contributed by atoms with Crippen molar-refractivity contribution >= 4 is 97.2 Å². The van der Waals surface area contributed by atoms with Gasteiger partial charge in [-0.3, -0.25) is 4.70 Å². The fourth-order valence-corrected chi connectivity index (χ4v) is 0. The molecule has 12 heavy (non-hydrogen) atoms. The van der Waals surface area contributed by atoms with E-state index in [9.17, 15) is 0 Å². The average Bonchev–Trinajstić information content (AvgIpc) is 1.19. The predicted molar refractivity (Wildman–Crippen MR) is 44.5 cm³/mol. The Morgan fingerprint density at radius 1 is 1.08 bits per heavy atom. The van der Waals surface area contributed by atoms with E-state index >= 15 is 0 Å². The van der Waals surface area contributed by atoms with Gasteiger partial charge in [0.25, 0.3) is 0 Å². The van der Waals surface area contributed by atoms with Crippen molar-refractivity contribution in [3.05, 3.63) is 0 Å². The molecule has 0 bridgehead atoms. The summed E-state index contributed by atoms with van der Waals surface area (Å²) in [5.74, 6) is 0. The van der Waals surface area contributed by atoms with E-state index in [1.54, 1.807) is 0 Å². The first-order chi connectivity index (χ1) is 3.73.